The highest BCUT2D eigenvalue weighted by Gasteiger charge is 2.31. The number of hydrogen-bond donors (Lipinski definition) is 1. The van der Waals surface area contributed by atoms with E-state index in [-0.39, 0.29) is 12.0 Å². The minimum Gasteiger partial charge on any atom is -0.332 e. The van der Waals surface area contributed by atoms with Crippen molar-refractivity contribution in [3.63, 3.8) is 0 Å². The van der Waals surface area contributed by atoms with E-state index in [1.165, 1.54) is 6.07 Å². The second-order valence-corrected chi connectivity index (χ2v) is 5.61. The fraction of sp³-hybridized carbons (Fsp3) is 0.400. The smallest absolute Gasteiger partial charge is 0.332 e. The lowest BCUT2D eigenvalue weighted by molar-refractivity contribution is -0.137. The van der Waals surface area contributed by atoms with Gasteiger partial charge in [0.1, 0.15) is 5.82 Å². The normalized spacial score (nSPS) is 22.1. The van der Waals surface area contributed by atoms with Crippen molar-refractivity contribution in [2.75, 3.05) is 0 Å². The Kier molecular flexibility index (Phi) is 3.28. The summed E-state index contributed by atoms with van der Waals surface area (Å²) in [5.74, 6) is 1.11. The molecule has 0 radical (unpaired) electrons. The minimum atomic E-state index is -4.34. The van der Waals surface area contributed by atoms with Gasteiger partial charge in [0.2, 0.25) is 0 Å². The van der Waals surface area contributed by atoms with Gasteiger partial charge in [-0.05, 0) is 18.6 Å². The van der Waals surface area contributed by atoms with Gasteiger partial charge in [-0.3, -0.25) is 0 Å². The topological polar surface area (TPSA) is 43.8 Å². The van der Waals surface area contributed by atoms with Gasteiger partial charge in [0.15, 0.2) is 0 Å². The van der Waals surface area contributed by atoms with Crippen molar-refractivity contribution in [2.45, 2.75) is 38.0 Å². The molecule has 0 fully saturated rings. The van der Waals surface area contributed by atoms with Crippen molar-refractivity contribution < 1.29 is 13.2 Å². The van der Waals surface area contributed by atoms with Gasteiger partial charge < -0.3 is 10.3 Å². The van der Waals surface area contributed by atoms with Crippen LogP contribution < -0.4 is 5.73 Å². The minimum absolute atomic E-state index is 0.0658. The van der Waals surface area contributed by atoms with Gasteiger partial charge in [-0.15, -0.1) is 0 Å². The Morgan fingerprint density at radius 3 is 2.81 bits per heavy atom. The van der Waals surface area contributed by atoms with E-state index < -0.39 is 11.7 Å². The largest absolute Gasteiger partial charge is 0.416 e. The van der Waals surface area contributed by atoms with Crippen LogP contribution in [0.5, 0.6) is 0 Å². The standard InChI is InChI=1S/C15H16F3N3/c1-9-5-12(19)7-21-8-13(20-14(9)21)10-3-2-4-11(6-10)15(16,17)18/h2-4,6,8-9,12H,5,7,19H2,1H3. The zero-order chi connectivity index (χ0) is 15.2. The summed E-state index contributed by atoms with van der Waals surface area (Å²) < 4.78 is 40.3. The molecule has 3 rings (SSSR count). The van der Waals surface area contributed by atoms with Crippen LogP contribution in [0.1, 0.15) is 30.7 Å². The molecule has 6 heteroatoms. The quantitative estimate of drug-likeness (QED) is 0.876. The SMILES string of the molecule is CC1CC(N)Cn2cc(-c3cccc(C(F)(F)F)c3)nc21. The maximum absolute atomic E-state index is 12.8. The number of nitrogens with two attached hydrogens (primary N) is 1. The third kappa shape index (κ3) is 2.68. The number of rotatable bonds is 1. The molecule has 1 aromatic carbocycles. The van der Waals surface area contributed by atoms with E-state index in [0.717, 1.165) is 24.4 Å². The summed E-state index contributed by atoms with van der Waals surface area (Å²) in [5.41, 5.74) is 6.36. The summed E-state index contributed by atoms with van der Waals surface area (Å²) in [5, 5.41) is 0. The zero-order valence-electron chi connectivity index (χ0n) is 11.6. The average molecular weight is 295 g/mol. The summed E-state index contributed by atoms with van der Waals surface area (Å²) in [6.45, 7) is 2.69. The Bertz CT molecular complexity index is 660. The van der Waals surface area contributed by atoms with Crippen LogP contribution in [0.15, 0.2) is 30.5 Å². The van der Waals surface area contributed by atoms with Crippen LogP contribution in [0.25, 0.3) is 11.3 Å². The number of benzene rings is 1. The van der Waals surface area contributed by atoms with Gasteiger partial charge in [-0.2, -0.15) is 13.2 Å². The highest BCUT2D eigenvalue weighted by atomic mass is 19.4. The number of alkyl halides is 3. The molecular formula is C15H16F3N3. The first-order valence-electron chi connectivity index (χ1n) is 6.85. The summed E-state index contributed by atoms with van der Waals surface area (Å²) in [6, 6.07) is 5.33. The van der Waals surface area contributed by atoms with Gasteiger partial charge in [0.25, 0.3) is 0 Å². The molecule has 112 valence electrons. The first-order chi connectivity index (χ1) is 9.84. The molecule has 2 unspecified atom stereocenters. The number of nitrogens with zero attached hydrogens (tertiary/aromatic N) is 2. The molecule has 0 amide bonds. The van der Waals surface area contributed by atoms with E-state index in [1.807, 2.05) is 11.5 Å². The summed E-state index contributed by atoms with van der Waals surface area (Å²) in [7, 11) is 0. The van der Waals surface area contributed by atoms with Crippen LogP contribution >= 0.6 is 0 Å². The molecule has 1 aliphatic rings. The van der Waals surface area contributed by atoms with Crippen LogP contribution in [0, 0.1) is 0 Å². The maximum Gasteiger partial charge on any atom is 0.416 e. The number of hydrogen-bond acceptors (Lipinski definition) is 2. The molecule has 2 N–H and O–H groups in total. The Balaban J connectivity index is 2.01. The first-order valence-corrected chi connectivity index (χ1v) is 6.85. The Morgan fingerprint density at radius 2 is 2.10 bits per heavy atom. The third-order valence-corrected chi connectivity index (χ3v) is 3.82. The zero-order valence-corrected chi connectivity index (χ0v) is 11.6. The summed E-state index contributed by atoms with van der Waals surface area (Å²) in [4.78, 5) is 4.50. The van der Waals surface area contributed by atoms with Gasteiger partial charge >= 0.3 is 6.18 Å². The summed E-state index contributed by atoms with van der Waals surface area (Å²) >= 11 is 0. The first kappa shape index (κ1) is 14.1. The van der Waals surface area contributed by atoms with Crippen molar-refractivity contribution in [1.29, 1.82) is 0 Å². The van der Waals surface area contributed by atoms with Crippen molar-refractivity contribution in [3.05, 3.63) is 41.9 Å². The molecule has 2 atom stereocenters. The molecule has 0 aliphatic carbocycles. The van der Waals surface area contributed by atoms with E-state index in [9.17, 15) is 13.2 Å². The second-order valence-electron chi connectivity index (χ2n) is 5.61. The van der Waals surface area contributed by atoms with Crippen molar-refractivity contribution in [3.8, 4) is 11.3 Å². The molecule has 3 nitrogen and oxygen atoms in total. The molecule has 2 heterocycles. The van der Waals surface area contributed by atoms with E-state index in [1.54, 1.807) is 12.3 Å². The Morgan fingerprint density at radius 1 is 1.33 bits per heavy atom. The summed E-state index contributed by atoms with van der Waals surface area (Å²) in [6.07, 6.45) is -1.70. The van der Waals surface area contributed by atoms with E-state index in [0.29, 0.717) is 17.8 Å². The highest BCUT2D eigenvalue weighted by molar-refractivity contribution is 5.60. The lowest BCUT2D eigenvalue weighted by Crippen LogP contribution is -2.33. The predicted octanol–water partition coefficient (Wildman–Crippen LogP) is 3.40. The lowest BCUT2D eigenvalue weighted by Gasteiger charge is -2.25. The molecule has 0 saturated heterocycles. The number of imidazole rings is 1. The lowest BCUT2D eigenvalue weighted by atomic mass is 9.98. The molecule has 1 aromatic heterocycles. The van der Waals surface area contributed by atoms with Crippen LogP contribution in [-0.4, -0.2) is 15.6 Å². The molecule has 21 heavy (non-hydrogen) atoms. The molecule has 0 spiro atoms. The molecule has 2 aromatic rings. The fourth-order valence-corrected chi connectivity index (χ4v) is 2.85. The van der Waals surface area contributed by atoms with Gasteiger partial charge in [0.05, 0.1) is 11.3 Å². The molecule has 0 bridgehead atoms. The molecular weight excluding hydrogens is 279 g/mol. The monoisotopic (exact) mass is 295 g/mol. The fourth-order valence-electron chi connectivity index (χ4n) is 2.85. The van der Waals surface area contributed by atoms with E-state index in [4.69, 9.17) is 5.73 Å². The second kappa shape index (κ2) is 4.87. The van der Waals surface area contributed by atoms with Crippen LogP contribution in [-0.2, 0) is 12.7 Å². The van der Waals surface area contributed by atoms with Crippen molar-refractivity contribution >= 4 is 0 Å². The van der Waals surface area contributed by atoms with Crippen LogP contribution in [0.4, 0.5) is 13.2 Å². The average Bonchev–Trinajstić information content (AvgIpc) is 2.82. The van der Waals surface area contributed by atoms with E-state index in [2.05, 4.69) is 4.98 Å². The third-order valence-electron chi connectivity index (χ3n) is 3.82. The Hall–Kier alpha value is -1.82. The number of halogens is 3. The van der Waals surface area contributed by atoms with Crippen molar-refractivity contribution in [2.24, 2.45) is 5.73 Å². The van der Waals surface area contributed by atoms with Crippen LogP contribution in [0.2, 0.25) is 0 Å². The Labute approximate surface area is 120 Å². The van der Waals surface area contributed by atoms with Crippen LogP contribution in [0.3, 0.4) is 0 Å². The van der Waals surface area contributed by atoms with E-state index >= 15 is 0 Å². The van der Waals surface area contributed by atoms with Gasteiger partial charge in [0, 0.05) is 30.3 Å². The maximum atomic E-state index is 12.8. The van der Waals surface area contributed by atoms with Gasteiger partial charge in [-0.25, -0.2) is 4.98 Å². The molecule has 1 aliphatic heterocycles. The highest BCUT2D eigenvalue weighted by Crippen LogP contribution is 2.33. The number of fused-ring (bicyclic) bond motifs is 1. The predicted molar refractivity (Wildman–Crippen MR) is 73.7 cm³/mol. The molecule has 0 saturated carbocycles. The number of aromatic nitrogens is 2. The van der Waals surface area contributed by atoms with Crippen molar-refractivity contribution in [1.82, 2.24) is 9.55 Å². The van der Waals surface area contributed by atoms with Gasteiger partial charge in [-0.1, -0.05) is 19.1 Å².